The Balaban J connectivity index is 1.44. The van der Waals surface area contributed by atoms with Crippen LogP contribution in [0.1, 0.15) is 35.2 Å². The number of nitrogens with zero attached hydrogens (tertiary/aromatic N) is 4. The molecular formula is C22H25N5O2. The molecule has 0 saturated carbocycles. The Morgan fingerprint density at radius 3 is 2.59 bits per heavy atom. The third kappa shape index (κ3) is 3.20. The van der Waals surface area contributed by atoms with Gasteiger partial charge in [0.2, 0.25) is 0 Å². The second-order valence-electron chi connectivity index (χ2n) is 8.08. The van der Waals surface area contributed by atoms with Crippen LogP contribution >= 0.6 is 0 Å². The first-order valence-corrected chi connectivity index (χ1v) is 10.3. The molecule has 3 aromatic rings. The average molecular weight is 391 g/mol. The Labute approximate surface area is 169 Å². The van der Waals surface area contributed by atoms with E-state index in [1.165, 1.54) is 0 Å². The molecule has 29 heavy (non-hydrogen) atoms. The molecule has 5 rings (SSSR count). The minimum atomic E-state index is -0.946. The molecule has 2 saturated heterocycles. The van der Waals surface area contributed by atoms with Crippen molar-refractivity contribution >= 4 is 16.9 Å². The van der Waals surface area contributed by atoms with Crippen LogP contribution in [0.3, 0.4) is 0 Å². The molecule has 2 aliphatic rings. The van der Waals surface area contributed by atoms with Crippen LogP contribution in [-0.4, -0.2) is 68.4 Å². The van der Waals surface area contributed by atoms with E-state index in [1.54, 1.807) is 12.1 Å². The van der Waals surface area contributed by atoms with Crippen LogP contribution in [0.4, 0.5) is 0 Å². The summed E-state index contributed by atoms with van der Waals surface area (Å²) in [5, 5.41) is 22.5. The summed E-state index contributed by atoms with van der Waals surface area (Å²) in [6.07, 6.45) is 2.80. The van der Waals surface area contributed by atoms with E-state index in [-0.39, 0.29) is 11.9 Å². The van der Waals surface area contributed by atoms with Gasteiger partial charge in [0.05, 0.1) is 6.04 Å². The number of carbonyl (C=O) groups excluding carboxylic acids is 1. The summed E-state index contributed by atoms with van der Waals surface area (Å²) in [4.78, 5) is 17.5. The van der Waals surface area contributed by atoms with Gasteiger partial charge in [0.25, 0.3) is 5.91 Å². The van der Waals surface area contributed by atoms with E-state index in [9.17, 15) is 9.90 Å². The number of carbonyl (C=O) groups is 1. The van der Waals surface area contributed by atoms with Crippen molar-refractivity contribution in [3.63, 3.8) is 0 Å². The van der Waals surface area contributed by atoms with Gasteiger partial charge < -0.3 is 10.0 Å². The minimum absolute atomic E-state index is 0.0193. The van der Waals surface area contributed by atoms with Crippen LogP contribution in [0.5, 0.6) is 0 Å². The van der Waals surface area contributed by atoms with Gasteiger partial charge in [-0.1, -0.05) is 30.3 Å². The number of nitrogens with one attached hydrogen (secondary N) is 1. The Kier molecular flexibility index (Phi) is 4.56. The topological polar surface area (TPSA) is 85.3 Å². The Hall–Kier alpha value is -2.77. The summed E-state index contributed by atoms with van der Waals surface area (Å²) in [6, 6.07) is 15.2. The summed E-state index contributed by atoms with van der Waals surface area (Å²) in [5.41, 5.74) is 2.03. The van der Waals surface area contributed by atoms with Crippen LogP contribution in [0.25, 0.3) is 11.0 Å². The Bertz CT molecular complexity index is 1010. The lowest BCUT2D eigenvalue weighted by Gasteiger charge is -2.48. The molecule has 150 valence electrons. The number of hydrogen-bond donors (Lipinski definition) is 2. The number of piperidine rings is 1. The van der Waals surface area contributed by atoms with Gasteiger partial charge in [0.15, 0.2) is 0 Å². The molecular weight excluding hydrogens is 366 g/mol. The molecule has 1 aromatic heterocycles. The van der Waals surface area contributed by atoms with E-state index in [4.69, 9.17) is 0 Å². The smallest absolute Gasteiger partial charge is 0.253 e. The van der Waals surface area contributed by atoms with Gasteiger partial charge in [-0.15, -0.1) is 0 Å². The molecule has 0 radical (unpaired) electrons. The van der Waals surface area contributed by atoms with Crippen LogP contribution in [0.2, 0.25) is 0 Å². The zero-order valence-corrected chi connectivity index (χ0v) is 16.3. The highest BCUT2D eigenvalue weighted by molar-refractivity contribution is 5.97. The lowest BCUT2D eigenvalue weighted by molar-refractivity contribution is -0.0878. The first-order valence-electron chi connectivity index (χ1n) is 10.3. The first kappa shape index (κ1) is 18.3. The highest BCUT2D eigenvalue weighted by Gasteiger charge is 2.47. The fraction of sp³-hybridized carbons (Fsp3) is 0.409. The molecule has 2 atom stereocenters. The maximum absolute atomic E-state index is 13.2. The summed E-state index contributed by atoms with van der Waals surface area (Å²) < 4.78 is 0. The largest absolute Gasteiger partial charge is 0.383 e. The average Bonchev–Trinajstić information content (AvgIpc) is 3.45. The number of H-pyrrole nitrogens is 1. The second kappa shape index (κ2) is 7.24. The summed E-state index contributed by atoms with van der Waals surface area (Å²) in [5.74, 6) is -0.0193. The number of benzene rings is 2. The molecule has 2 aliphatic heterocycles. The van der Waals surface area contributed by atoms with Crippen molar-refractivity contribution in [3.05, 3.63) is 59.7 Å². The molecule has 2 fully saturated rings. The van der Waals surface area contributed by atoms with E-state index < -0.39 is 5.60 Å². The van der Waals surface area contributed by atoms with Gasteiger partial charge in [0.1, 0.15) is 16.6 Å². The number of fused-ring (bicyclic) bond motifs is 1. The van der Waals surface area contributed by atoms with Crippen molar-refractivity contribution in [2.75, 3.05) is 26.2 Å². The standard InChI is InChI=1S/C22H25N5O2/c28-21(16-8-9-18-19(14-16)24-25-23-18)27-13-10-22(29,17-6-2-1-3-7-17)20(15-27)26-11-4-5-12-26/h1-3,6-9,14,20,29H,4-5,10-13,15H2,(H,23,24,25)/t20-,22+/m1/s1. The Morgan fingerprint density at radius 1 is 1.03 bits per heavy atom. The quantitative estimate of drug-likeness (QED) is 0.715. The highest BCUT2D eigenvalue weighted by atomic mass is 16.3. The molecule has 1 amide bonds. The van der Waals surface area contributed by atoms with Gasteiger partial charge in [-0.05, 0) is 56.1 Å². The zero-order valence-electron chi connectivity index (χ0n) is 16.3. The zero-order chi connectivity index (χ0) is 19.8. The molecule has 7 nitrogen and oxygen atoms in total. The van der Waals surface area contributed by atoms with Crippen LogP contribution in [0.15, 0.2) is 48.5 Å². The molecule has 0 spiro atoms. The number of hydrogen-bond acceptors (Lipinski definition) is 5. The fourth-order valence-electron chi connectivity index (χ4n) is 4.80. The van der Waals surface area contributed by atoms with Crippen LogP contribution in [-0.2, 0) is 5.60 Å². The highest BCUT2D eigenvalue weighted by Crippen LogP contribution is 2.37. The van der Waals surface area contributed by atoms with Crippen molar-refractivity contribution < 1.29 is 9.90 Å². The van der Waals surface area contributed by atoms with E-state index in [1.807, 2.05) is 41.3 Å². The maximum atomic E-state index is 13.2. The third-order valence-corrected chi connectivity index (χ3v) is 6.41. The number of aromatic nitrogens is 3. The van der Waals surface area contributed by atoms with Gasteiger partial charge in [0, 0.05) is 18.7 Å². The third-order valence-electron chi connectivity index (χ3n) is 6.41. The van der Waals surface area contributed by atoms with Crippen molar-refractivity contribution in [3.8, 4) is 0 Å². The molecule has 3 heterocycles. The van der Waals surface area contributed by atoms with E-state index >= 15 is 0 Å². The Morgan fingerprint density at radius 2 is 1.79 bits per heavy atom. The van der Waals surface area contributed by atoms with Gasteiger partial charge >= 0.3 is 0 Å². The molecule has 2 N–H and O–H groups in total. The molecule has 7 heteroatoms. The summed E-state index contributed by atoms with van der Waals surface area (Å²) in [7, 11) is 0. The molecule has 0 bridgehead atoms. The lowest BCUT2D eigenvalue weighted by Crippen LogP contribution is -2.61. The number of rotatable bonds is 3. The van der Waals surface area contributed by atoms with Crippen molar-refractivity contribution in [1.82, 2.24) is 25.2 Å². The number of amides is 1. The minimum Gasteiger partial charge on any atom is -0.383 e. The number of aromatic amines is 1. The lowest BCUT2D eigenvalue weighted by atomic mass is 9.79. The number of likely N-dealkylation sites (tertiary alicyclic amines) is 2. The predicted octanol–water partition coefficient (Wildman–Crippen LogP) is 2.16. The molecule has 2 aromatic carbocycles. The predicted molar refractivity (Wildman–Crippen MR) is 109 cm³/mol. The second-order valence-corrected chi connectivity index (χ2v) is 8.08. The molecule has 0 unspecified atom stereocenters. The molecule has 0 aliphatic carbocycles. The summed E-state index contributed by atoms with van der Waals surface area (Å²) >= 11 is 0. The normalized spacial score (nSPS) is 25.6. The van der Waals surface area contributed by atoms with E-state index in [2.05, 4.69) is 20.3 Å². The van der Waals surface area contributed by atoms with Gasteiger partial charge in [-0.2, -0.15) is 15.4 Å². The number of aliphatic hydroxyl groups is 1. The summed E-state index contributed by atoms with van der Waals surface area (Å²) in [6.45, 7) is 2.96. The van der Waals surface area contributed by atoms with Crippen molar-refractivity contribution in [2.45, 2.75) is 30.9 Å². The van der Waals surface area contributed by atoms with Crippen LogP contribution in [0, 0.1) is 0 Å². The van der Waals surface area contributed by atoms with Crippen molar-refractivity contribution in [1.29, 1.82) is 0 Å². The van der Waals surface area contributed by atoms with E-state index in [0.717, 1.165) is 37.0 Å². The SMILES string of the molecule is O=C(c1ccc2n[nH]nc2c1)N1CC[C@](O)(c2ccccc2)[C@H](N2CCCC2)C1. The van der Waals surface area contributed by atoms with Gasteiger partial charge in [-0.3, -0.25) is 9.69 Å². The maximum Gasteiger partial charge on any atom is 0.253 e. The van der Waals surface area contributed by atoms with Crippen molar-refractivity contribution in [2.24, 2.45) is 0 Å². The first-order chi connectivity index (χ1) is 14.1. The monoisotopic (exact) mass is 391 g/mol. The van der Waals surface area contributed by atoms with E-state index in [0.29, 0.717) is 30.6 Å². The fourth-order valence-corrected chi connectivity index (χ4v) is 4.80. The van der Waals surface area contributed by atoms with Crippen LogP contribution < -0.4 is 0 Å². The van der Waals surface area contributed by atoms with Gasteiger partial charge in [-0.25, -0.2) is 0 Å².